The highest BCUT2D eigenvalue weighted by atomic mass is 16.5. The molecule has 0 aliphatic carbocycles. The highest BCUT2D eigenvalue weighted by molar-refractivity contribution is 5.76. The van der Waals surface area contributed by atoms with Gasteiger partial charge < -0.3 is 9.42 Å². The molecule has 3 aromatic heterocycles. The Balaban J connectivity index is 1.38. The van der Waals surface area contributed by atoms with Gasteiger partial charge in [-0.25, -0.2) is 0 Å². The number of amides is 1. The molecule has 0 spiro atoms. The number of aryl methyl sites for hydroxylation is 1. The second-order valence-corrected chi connectivity index (χ2v) is 6.74. The average molecular weight is 363 g/mol. The first-order valence-corrected chi connectivity index (χ1v) is 9.20. The Morgan fingerprint density at radius 2 is 2.04 bits per heavy atom. The molecule has 0 N–H and O–H groups in total. The fraction of sp³-hybridized carbons (Fsp3) is 0.350. The first-order chi connectivity index (χ1) is 13.3. The molecule has 1 fully saturated rings. The van der Waals surface area contributed by atoms with Crippen molar-refractivity contribution in [3.63, 3.8) is 0 Å². The second-order valence-electron chi connectivity index (χ2n) is 6.74. The molecule has 0 radical (unpaired) electrons. The molecule has 1 aliphatic heterocycles. The lowest BCUT2D eigenvalue weighted by Crippen LogP contribution is -2.39. The number of rotatable bonds is 5. The van der Waals surface area contributed by atoms with Gasteiger partial charge in [0, 0.05) is 49.9 Å². The molecule has 1 atom stereocenters. The molecule has 1 aliphatic rings. The zero-order chi connectivity index (χ0) is 18.5. The van der Waals surface area contributed by atoms with Crippen molar-refractivity contribution in [1.29, 1.82) is 0 Å². The van der Waals surface area contributed by atoms with E-state index in [1.54, 1.807) is 18.6 Å². The minimum atomic E-state index is 0.0824. The summed E-state index contributed by atoms with van der Waals surface area (Å²) in [4.78, 5) is 27.2. The Bertz CT molecular complexity index is 882. The largest absolute Gasteiger partial charge is 0.342 e. The minimum absolute atomic E-state index is 0.0824. The summed E-state index contributed by atoms with van der Waals surface area (Å²) in [5.41, 5.74) is 1.91. The van der Waals surface area contributed by atoms with Crippen molar-refractivity contribution in [2.45, 2.75) is 31.6 Å². The molecule has 1 amide bonds. The molecule has 0 saturated carbocycles. The summed E-state index contributed by atoms with van der Waals surface area (Å²) in [7, 11) is 0. The number of carbonyl (C=O) groups is 1. The molecule has 0 bridgehead atoms. The second kappa shape index (κ2) is 8.07. The van der Waals surface area contributed by atoms with Crippen LogP contribution in [0.1, 0.15) is 36.6 Å². The van der Waals surface area contributed by atoms with Gasteiger partial charge in [0.1, 0.15) is 0 Å². The number of aromatic nitrogens is 4. The van der Waals surface area contributed by atoms with Crippen molar-refractivity contribution in [3.05, 3.63) is 60.5 Å². The topological polar surface area (TPSA) is 85.0 Å². The van der Waals surface area contributed by atoms with Gasteiger partial charge in [-0.2, -0.15) is 4.98 Å². The van der Waals surface area contributed by atoms with E-state index in [0.717, 1.165) is 30.5 Å². The number of likely N-dealkylation sites (tertiary alicyclic amines) is 1. The highest BCUT2D eigenvalue weighted by Crippen LogP contribution is 2.27. The summed E-state index contributed by atoms with van der Waals surface area (Å²) >= 11 is 0. The molecule has 27 heavy (non-hydrogen) atoms. The number of carbonyl (C=O) groups excluding carboxylic acids is 1. The van der Waals surface area contributed by atoms with E-state index in [4.69, 9.17) is 4.52 Å². The molecule has 3 aromatic rings. The molecule has 7 heteroatoms. The standard InChI is InChI=1S/C20H21N5O2/c26-18(8-7-15-4-1-9-21-12-15)25-11-3-6-17(14-25)20-23-19(24-27-20)16-5-2-10-22-13-16/h1-2,4-5,9-10,12-13,17H,3,6-8,11,14H2. The van der Waals surface area contributed by atoms with E-state index >= 15 is 0 Å². The van der Waals surface area contributed by atoms with Gasteiger partial charge in [-0.3, -0.25) is 14.8 Å². The summed E-state index contributed by atoms with van der Waals surface area (Å²) in [6.45, 7) is 1.41. The quantitative estimate of drug-likeness (QED) is 0.693. The predicted molar refractivity (Wildman–Crippen MR) is 98.6 cm³/mol. The first-order valence-electron chi connectivity index (χ1n) is 9.20. The van der Waals surface area contributed by atoms with Crippen LogP contribution in [0.4, 0.5) is 0 Å². The van der Waals surface area contributed by atoms with Gasteiger partial charge >= 0.3 is 0 Å². The fourth-order valence-electron chi connectivity index (χ4n) is 3.37. The van der Waals surface area contributed by atoms with Crippen LogP contribution in [0.5, 0.6) is 0 Å². The van der Waals surface area contributed by atoms with E-state index in [1.807, 2.05) is 35.4 Å². The molecule has 4 heterocycles. The zero-order valence-corrected chi connectivity index (χ0v) is 15.0. The SMILES string of the molecule is O=C(CCc1cccnc1)N1CCCC(c2nc(-c3cccnc3)no2)C1. The van der Waals surface area contributed by atoms with Crippen LogP contribution in [0.2, 0.25) is 0 Å². The van der Waals surface area contributed by atoms with Crippen LogP contribution in [0.3, 0.4) is 0 Å². The van der Waals surface area contributed by atoms with Gasteiger partial charge in [0.15, 0.2) is 0 Å². The summed E-state index contributed by atoms with van der Waals surface area (Å²) in [6, 6.07) is 7.63. The lowest BCUT2D eigenvalue weighted by Gasteiger charge is -2.31. The molecule has 1 unspecified atom stereocenters. The highest BCUT2D eigenvalue weighted by Gasteiger charge is 2.28. The third-order valence-electron chi connectivity index (χ3n) is 4.84. The van der Waals surface area contributed by atoms with Gasteiger partial charge in [-0.1, -0.05) is 11.2 Å². The molecule has 7 nitrogen and oxygen atoms in total. The smallest absolute Gasteiger partial charge is 0.231 e. The molecule has 4 rings (SSSR count). The van der Waals surface area contributed by atoms with Crippen LogP contribution in [0, 0.1) is 0 Å². The van der Waals surface area contributed by atoms with Crippen molar-refractivity contribution in [1.82, 2.24) is 25.0 Å². The summed E-state index contributed by atoms with van der Waals surface area (Å²) in [6.07, 6.45) is 10.1. The van der Waals surface area contributed by atoms with Gasteiger partial charge in [-0.15, -0.1) is 0 Å². The Morgan fingerprint density at radius 3 is 2.81 bits per heavy atom. The van der Waals surface area contributed by atoms with Gasteiger partial charge in [0.05, 0.1) is 5.92 Å². The maximum Gasteiger partial charge on any atom is 0.231 e. The summed E-state index contributed by atoms with van der Waals surface area (Å²) in [5, 5.41) is 4.07. The number of piperidine rings is 1. The fourth-order valence-corrected chi connectivity index (χ4v) is 3.37. The van der Waals surface area contributed by atoms with E-state index in [9.17, 15) is 4.79 Å². The van der Waals surface area contributed by atoms with Crippen LogP contribution in [-0.4, -0.2) is 44.0 Å². The maximum atomic E-state index is 12.6. The van der Waals surface area contributed by atoms with Crippen molar-refractivity contribution in [2.75, 3.05) is 13.1 Å². The molecule has 138 valence electrons. The van der Waals surface area contributed by atoms with Gasteiger partial charge in [-0.05, 0) is 43.0 Å². The Morgan fingerprint density at radius 1 is 1.19 bits per heavy atom. The first kappa shape index (κ1) is 17.3. The predicted octanol–water partition coefficient (Wildman–Crippen LogP) is 2.87. The van der Waals surface area contributed by atoms with Crippen LogP contribution in [0.25, 0.3) is 11.4 Å². The maximum absolute atomic E-state index is 12.6. The van der Waals surface area contributed by atoms with Crippen molar-refractivity contribution in [2.24, 2.45) is 0 Å². The molecular formula is C20H21N5O2. The number of nitrogens with zero attached hydrogens (tertiary/aromatic N) is 5. The van der Waals surface area contributed by atoms with Crippen LogP contribution in [-0.2, 0) is 11.2 Å². The Kier molecular flexibility index (Phi) is 5.18. The summed E-state index contributed by atoms with van der Waals surface area (Å²) < 4.78 is 5.48. The minimum Gasteiger partial charge on any atom is -0.342 e. The third-order valence-corrected chi connectivity index (χ3v) is 4.84. The lowest BCUT2D eigenvalue weighted by molar-refractivity contribution is -0.132. The Hall–Kier alpha value is -3.09. The van der Waals surface area contributed by atoms with Crippen molar-refractivity contribution >= 4 is 5.91 Å². The number of hydrogen-bond donors (Lipinski definition) is 0. The summed E-state index contributed by atoms with van der Waals surface area (Å²) in [5.74, 6) is 1.38. The molecule has 0 aromatic carbocycles. The van der Waals surface area contributed by atoms with E-state index in [2.05, 4.69) is 20.1 Å². The lowest BCUT2D eigenvalue weighted by atomic mass is 9.97. The van der Waals surface area contributed by atoms with E-state index < -0.39 is 0 Å². The van der Waals surface area contributed by atoms with E-state index in [0.29, 0.717) is 31.1 Å². The van der Waals surface area contributed by atoms with Gasteiger partial charge in [0.25, 0.3) is 0 Å². The van der Waals surface area contributed by atoms with Crippen LogP contribution >= 0.6 is 0 Å². The van der Waals surface area contributed by atoms with E-state index in [1.165, 1.54) is 0 Å². The Labute approximate surface area is 157 Å². The van der Waals surface area contributed by atoms with Crippen molar-refractivity contribution < 1.29 is 9.32 Å². The number of hydrogen-bond acceptors (Lipinski definition) is 6. The van der Waals surface area contributed by atoms with Gasteiger partial charge in [0.2, 0.25) is 17.6 Å². The van der Waals surface area contributed by atoms with Crippen LogP contribution < -0.4 is 0 Å². The van der Waals surface area contributed by atoms with Crippen LogP contribution in [0.15, 0.2) is 53.6 Å². The normalized spacial score (nSPS) is 17.0. The van der Waals surface area contributed by atoms with E-state index in [-0.39, 0.29) is 11.8 Å². The monoisotopic (exact) mass is 363 g/mol. The molecule has 1 saturated heterocycles. The average Bonchev–Trinajstić information content (AvgIpc) is 3.24. The molecular weight excluding hydrogens is 342 g/mol. The third kappa shape index (κ3) is 4.19. The number of pyridine rings is 2. The zero-order valence-electron chi connectivity index (χ0n) is 15.0. The van der Waals surface area contributed by atoms with Crippen molar-refractivity contribution in [3.8, 4) is 11.4 Å².